The molecule has 4 aromatic rings. The maximum Gasteiger partial charge on any atom is 0.164 e. The number of nitrogens with zero attached hydrogens (tertiary/aromatic N) is 2. The number of hydrogen-bond donors (Lipinski definition) is 1. The van der Waals surface area contributed by atoms with Gasteiger partial charge in [-0.05, 0) is 78.0 Å². The van der Waals surface area contributed by atoms with Crippen molar-refractivity contribution in [2.45, 2.75) is 122 Å². The first kappa shape index (κ1) is 41.3. The second-order valence-corrected chi connectivity index (χ2v) is 14.9. The van der Waals surface area contributed by atoms with Gasteiger partial charge in [-0.15, -0.1) is 34.9 Å². The van der Waals surface area contributed by atoms with Gasteiger partial charge in [0.15, 0.2) is 5.78 Å². The molecule has 1 aromatic heterocycles. The summed E-state index contributed by atoms with van der Waals surface area (Å²) < 4.78 is 0. The number of aliphatic hydroxyl groups is 1. The van der Waals surface area contributed by atoms with Gasteiger partial charge >= 0.3 is 0 Å². The maximum absolute atomic E-state index is 12.2. The molecule has 0 aliphatic rings. The third-order valence-corrected chi connectivity index (χ3v) is 10.1. The predicted octanol–water partition coefficient (Wildman–Crippen LogP) is 11.9. The number of allylic oxidation sites excluding steroid dienone is 2. The van der Waals surface area contributed by atoms with Gasteiger partial charge in [0.25, 0.3) is 0 Å². The molecule has 1 heterocycles. The average Bonchev–Trinajstić information content (AvgIpc) is 3.02. The van der Waals surface area contributed by atoms with Crippen molar-refractivity contribution in [3.63, 3.8) is 0 Å². The van der Waals surface area contributed by atoms with Crippen molar-refractivity contribution in [2.24, 2.45) is 22.7 Å². The predicted molar refractivity (Wildman–Crippen MR) is 201 cm³/mol. The van der Waals surface area contributed by atoms with Gasteiger partial charge in [0, 0.05) is 42.4 Å². The summed E-state index contributed by atoms with van der Waals surface area (Å²) in [5, 5.41) is 13.8. The quantitative estimate of drug-likeness (QED) is 0.0669. The van der Waals surface area contributed by atoms with Crippen LogP contribution in [0.3, 0.4) is 0 Å². The van der Waals surface area contributed by atoms with Gasteiger partial charge in [-0.2, -0.15) is 0 Å². The van der Waals surface area contributed by atoms with Crippen molar-refractivity contribution in [1.82, 2.24) is 9.97 Å². The van der Waals surface area contributed by atoms with Gasteiger partial charge in [-0.1, -0.05) is 107 Å². The molecule has 0 spiro atoms. The molecule has 0 unspecified atom stereocenters. The van der Waals surface area contributed by atoms with Crippen molar-refractivity contribution in [2.75, 3.05) is 0 Å². The minimum Gasteiger partial charge on any atom is -0.512 e. The molecule has 263 valence electrons. The third kappa shape index (κ3) is 9.85. The van der Waals surface area contributed by atoms with E-state index in [1.165, 1.54) is 33.5 Å². The monoisotopic (exact) mass is 828 g/mol. The number of hydrogen-bond acceptors (Lipinski definition) is 4. The SMILES string of the molecule is CCC(C)(CC)C(=O)/C=C(\O)C(C)(CC)CC.Cc1[c-]c(-c2ncnc3c2ccc2cc(CC(C)C)cc(CC(C)C)c23)cc(C)c1.[Ir]. The summed E-state index contributed by atoms with van der Waals surface area (Å²) in [5.74, 6) is 1.52. The molecule has 0 saturated carbocycles. The Bertz CT molecular complexity index is 1690. The van der Waals surface area contributed by atoms with Crippen LogP contribution >= 0.6 is 0 Å². The number of aliphatic hydroxyl groups excluding tert-OH is 1. The Hall–Kier alpha value is -2.88. The van der Waals surface area contributed by atoms with Crippen LogP contribution in [0.4, 0.5) is 0 Å². The van der Waals surface area contributed by atoms with Crippen LogP contribution in [0, 0.1) is 42.6 Å². The van der Waals surface area contributed by atoms with Crippen LogP contribution in [0.15, 0.2) is 54.6 Å². The molecule has 4 rings (SSSR count). The molecule has 48 heavy (non-hydrogen) atoms. The van der Waals surface area contributed by atoms with E-state index in [1.54, 1.807) is 6.33 Å². The molecule has 0 aliphatic carbocycles. The second-order valence-electron chi connectivity index (χ2n) is 14.9. The van der Waals surface area contributed by atoms with Crippen LogP contribution in [-0.4, -0.2) is 20.9 Å². The first-order valence-electron chi connectivity index (χ1n) is 17.8. The van der Waals surface area contributed by atoms with Crippen molar-refractivity contribution in [3.05, 3.63) is 82.9 Å². The Morgan fingerprint density at radius 3 is 2.00 bits per heavy atom. The third-order valence-electron chi connectivity index (χ3n) is 10.1. The van der Waals surface area contributed by atoms with E-state index in [9.17, 15) is 9.90 Å². The smallest absolute Gasteiger partial charge is 0.164 e. The number of carbonyl (C=O) groups is 1. The molecule has 0 bridgehead atoms. The fourth-order valence-corrected chi connectivity index (χ4v) is 6.25. The fraction of sp³-hybridized carbons (Fsp3) is 0.512. The normalized spacial score (nSPS) is 12.3. The van der Waals surface area contributed by atoms with E-state index >= 15 is 0 Å². The zero-order valence-corrected chi connectivity index (χ0v) is 34.0. The first-order chi connectivity index (χ1) is 22.1. The van der Waals surface area contributed by atoms with Crippen molar-refractivity contribution in [1.29, 1.82) is 0 Å². The molecule has 0 aliphatic heterocycles. The van der Waals surface area contributed by atoms with E-state index in [0.717, 1.165) is 66.2 Å². The summed E-state index contributed by atoms with van der Waals surface area (Å²) in [6.45, 7) is 25.4. The number of fused-ring (bicyclic) bond motifs is 3. The molecule has 4 nitrogen and oxygen atoms in total. The number of carbonyl (C=O) groups excluding carboxylic acids is 1. The summed E-state index contributed by atoms with van der Waals surface area (Å²) in [7, 11) is 0. The standard InChI is InChI=1S/C28H31N2.C15H28O2.Ir/c1-17(2)9-21-14-22-7-8-25-27(24-12-19(5)11-20(6)13-24)29-16-30-28(25)26(22)23(15-21)10-18(3)4;1-7-14(5,8-2)12(16)11-13(17)15(6,9-3)10-4;/h7-8,11-12,14-18H,9-10H2,1-6H3;11,16H,7-10H2,1-6H3;/q-1;;/b;12-11-;. The Balaban J connectivity index is 0.000000384. The van der Waals surface area contributed by atoms with E-state index in [1.807, 2.05) is 41.5 Å². The van der Waals surface area contributed by atoms with Gasteiger partial charge < -0.3 is 5.11 Å². The van der Waals surface area contributed by atoms with E-state index in [2.05, 4.69) is 89.0 Å². The number of ketones is 1. The fourth-order valence-electron chi connectivity index (χ4n) is 6.25. The molecule has 0 saturated heterocycles. The van der Waals surface area contributed by atoms with Crippen LogP contribution in [0.25, 0.3) is 32.9 Å². The van der Waals surface area contributed by atoms with Gasteiger partial charge in [0.2, 0.25) is 0 Å². The Kier molecular flexibility index (Phi) is 15.2. The van der Waals surface area contributed by atoms with E-state index in [-0.39, 0.29) is 42.5 Å². The molecule has 0 amide bonds. The Labute approximate surface area is 304 Å². The molecule has 1 radical (unpaired) electrons. The number of aryl methyl sites for hydroxylation is 2. The molecule has 3 aromatic carbocycles. The minimum atomic E-state index is -0.337. The van der Waals surface area contributed by atoms with Gasteiger partial charge in [-0.25, -0.2) is 4.98 Å². The maximum atomic E-state index is 12.2. The zero-order chi connectivity index (χ0) is 35.1. The summed E-state index contributed by atoms with van der Waals surface area (Å²) in [6, 6.07) is 17.0. The summed E-state index contributed by atoms with van der Waals surface area (Å²) in [4.78, 5) is 21.6. The minimum absolute atomic E-state index is 0. The van der Waals surface area contributed by atoms with Gasteiger partial charge in [0.05, 0.1) is 5.52 Å². The molecule has 1 N–H and O–H groups in total. The summed E-state index contributed by atoms with van der Waals surface area (Å²) in [5.41, 5.74) is 7.65. The van der Waals surface area contributed by atoms with Crippen LogP contribution in [-0.2, 0) is 37.7 Å². The van der Waals surface area contributed by atoms with Crippen LogP contribution < -0.4 is 0 Å². The Morgan fingerprint density at radius 1 is 0.854 bits per heavy atom. The first-order valence-corrected chi connectivity index (χ1v) is 17.8. The molecule has 5 heteroatoms. The van der Waals surface area contributed by atoms with Crippen molar-refractivity contribution >= 4 is 27.5 Å². The molecule has 0 fully saturated rings. The number of aromatic nitrogens is 2. The largest absolute Gasteiger partial charge is 0.512 e. The van der Waals surface area contributed by atoms with Crippen molar-refractivity contribution in [3.8, 4) is 11.3 Å². The van der Waals surface area contributed by atoms with Gasteiger partial charge in [-0.3, -0.25) is 9.78 Å². The topological polar surface area (TPSA) is 63.1 Å². The van der Waals surface area contributed by atoms with E-state index in [4.69, 9.17) is 4.98 Å². The Morgan fingerprint density at radius 2 is 1.46 bits per heavy atom. The van der Waals surface area contributed by atoms with Gasteiger partial charge in [0.1, 0.15) is 12.1 Å². The van der Waals surface area contributed by atoms with E-state index in [0.29, 0.717) is 11.8 Å². The van der Waals surface area contributed by atoms with Crippen LogP contribution in [0.5, 0.6) is 0 Å². The number of rotatable bonds is 12. The average molecular weight is 828 g/mol. The number of benzene rings is 3. The summed E-state index contributed by atoms with van der Waals surface area (Å²) in [6.07, 6.45) is 8.62. The van der Waals surface area contributed by atoms with Crippen molar-refractivity contribution < 1.29 is 30.0 Å². The summed E-state index contributed by atoms with van der Waals surface area (Å²) >= 11 is 0. The molecule has 0 atom stereocenters. The zero-order valence-electron chi connectivity index (χ0n) is 31.6. The van der Waals surface area contributed by atoms with Crippen LogP contribution in [0.1, 0.15) is 117 Å². The molecular weight excluding hydrogens is 769 g/mol. The van der Waals surface area contributed by atoms with Crippen LogP contribution in [0.2, 0.25) is 0 Å². The second kappa shape index (κ2) is 17.7. The van der Waals surface area contributed by atoms with E-state index < -0.39 is 0 Å². The molecular formula is C43H59IrN2O2-.